The lowest BCUT2D eigenvalue weighted by Crippen LogP contribution is -2.34. The molecule has 0 bridgehead atoms. The number of nitrogen functional groups attached to an aromatic ring is 1. The van der Waals surface area contributed by atoms with Gasteiger partial charge in [-0.2, -0.15) is 0 Å². The topological polar surface area (TPSA) is 71.2 Å². The van der Waals surface area contributed by atoms with E-state index in [0.29, 0.717) is 11.4 Å². The van der Waals surface area contributed by atoms with Crippen LogP contribution in [0.25, 0.3) is 0 Å². The maximum Gasteiger partial charge on any atom is 0.251 e. The molecule has 3 N–H and O–H groups in total. The lowest BCUT2D eigenvalue weighted by Gasteiger charge is -2.17. The average Bonchev–Trinajstić information content (AvgIpc) is 2.35. The fraction of sp³-hybridized carbons (Fsp3) is 0.571. The molecule has 19 heavy (non-hydrogen) atoms. The highest BCUT2D eigenvalue weighted by molar-refractivity contribution is 5.95. The molecule has 0 radical (unpaired) electrons. The van der Waals surface area contributed by atoms with E-state index < -0.39 is 0 Å². The summed E-state index contributed by atoms with van der Waals surface area (Å²) in [4.78, 5) is 18.4. The first-order valence-electron chi connectivity index (χ1n) is 6.64. The molecular weight excluding hydrogens is 240 g/mol. The molecule has 0 aliphatic carbocycles. The Morgan fingerprint density at radius 3 is 2.74 bits per heavy atom. The summed E-state index contributed by atoms with van der Waals surface area (Å²) in [5.74, 6) is 0.306. The maximum absolute atomic E-state index is 12.1. The minimum absolute atomic E-state index is 0.0879. The summed E-state index contributed by atoms with van der Waals surface area (Å²) in [7, 11) is 4.04. The molecule has 0 saturated heterocycles. The molecule has 1 aromatic rings. The number of nitrogens with one attached hydrogen (secondary N) is 1. The third-order valence-electron chi connectivity index (χ3n) is 2.91. The summed E-state index contributed by atoms with van der Waals surface area (Å²) in [5.41, 5.74) is 7.13. The highest BCUT2D eigenvalue weighted by Crippen LogP contribution is 2.09. The molecule has 0 aromatic carbocycles. The van der Waals surface area contributed by atoms with Gasteiger partial charge in [0.2, 0.25) is 0 Å². The van der Waals surface area contributed by atoms with Crippen molar-refractivity contribution in [2.45, 2.75) is 32.7 Å². The Morgan fingerprint density at radius 1 is 1.47 bits per heavy atom. The van der Waals surface area contributed by atoms with Crippen molar-refractivity contribution < 1.29 is 4.79 Å². The highest BCUT2D eigenvalue weighted by Gasteiger charge is 2.11. The van der Waals surface area contributed by atoms with E-state index in [1.807, 2.05) is 27.9 Å². The van der Waals surface area contributed by atoms with Gasteiger partial charge in [0.15, 0.2) is 0 Å². The molecule has 0 aliphatic heterocycles. The molecule has 106 valence electrons. The van der Waals surface area contributed by atoms with Crippen LogP contribution in [0.2, 0.25) is 0 Å². The molecular formula is C14H24N4O. The summed E-state index contributed by atoms with van der Waals surface area (Å²) in [6, 6.07) is 3.55. The van der Waals surface area contributed by atoms with E-state index in [4.69, 9.17) is 5.73 Å². The first kappa shape index (κ1) is 15.4. The molecule has 1 heterocycles. The summed E-state index contributed by atoms with van der Waals surface area (Å²) in [6.07, 6.45) is 1.68. The van der Waals surface area contributed by atoms with Crippen LogP contribution < -0.4 is 11.1 Å². The van der Waals surface area contributed by atoms with Crippen LogP contribution in [0.1, 0.15) is 36.3 Å². The van der Waals surface area contributed by atoms with Gasteiger partial charge in [0.1, 0.15) is 5.82 Å². The van der Waals surface area contributed by atoms with E-state index in [0.717, 1.165) is 25.1 Å². The second kappa shape index (κ2) is 7.09. The van der Waals surface area contributed by atoms with E-state index >= 15 is 0 Å². The minimum atomic E-state index is -0.0879. The van der Waals surface area contributed by atoms with Crippen LogP contribution in [0.15, 0.2) is 12.1 Å². The van der Waals surface area contributed by atoms with Gasteiger partial charge < -0.3 is 16.0 Å². The summed E-state index contributed by atoms with van der Waals surface area (Å²) in [5, 5.41) is 2.98. The predicted octanol–water partition coefficient (Wildman–Crippen LogP) is 1.30. The van der Waals surface area contributed by atoms with Crippen molar-refractivity contribution in [3.63, 3.8) is 0 Å². The lowest BCUT2D eigenvalue weighted by atomic mass is 10.1. The quantitative estimate of drug-likeness (QED) is 0.812. The zero-order valence-corrected chi connectivity index (χ0v) is 12.2. The number of carbonyl (C=O) groups is 1. The molecule has 0 saturated carbocycles. The second-order valence-electron chi connectivity index (χ2n) is 5.09. The first-order valence-corrected chi connectivity index (χ1v) is 6.64. The van der Waals surface area contributed by atoms with E-state index in [2.05, 4.69) is 15.2 Å². The standard InChI is InChI=1S/C14H24N4O/c1-5-12-8-11(9-13(15)17-12)14(19)16-10(2)6-7-18(3)4/h8-10H,5-7H2,1-4H3,(H2,15,17)(H,16,19). The van der Waals surface area contributed by atoms with Crippen LogP contribution in [0.5, 0.6) is 0 Å². The fourth-order valence-corrected chi connectivity index (χ4v) is 1.75. The minimum Gasteiger partial charge on any atom is -0.384 e. The maximum atomic E-state index is 12.1. The number of nitrogens with two attached hydrogens (primary N) is 1. The summed E-state index contributed by atoms with van der Waals surface area (Å²) in [6.45, 7) is 4.94. The van der Waals surface area contributed by atoms with Gasteiger partial charge >= 0.3 is 0 Å². The molecule has 5 heteroatoms. The van der Waals surface area contributed by atoms with Crippen LogP contribution in [-0.2, 0) is 6.42 Å². The van der Waals surface area contributed by atoms with E-state index in [-0.39, 0.29) is 11.9 Å². The number of aryl methyl sites for hydroxylation is 1. The number of hydrogen-bond acceptors (Lipinski definition) is 4. The number of amides is 1. The number of anilines is 1. The van der Waals surface area contributed by atoms with Gasteiger partial charge in [-0.1, -0.05) is 6.92 Å². The van der Waals surface area contributed by atoms with Gasteiger partial charge in [0, 0.05) is 17.3 Å². The van der Waals surface area contributed by atoms with Crippen molar-refractivity contribution in [1.82, 2.24) is 15.2 Å². The Balaban J connectivity index is 2.64. The Kier molecular flexibility index (Phi) is 5.76. The number of aromatic nitrogens is 1. The van der Waals surface area contributed by atoms with E-state index in [1.165, 1.54) is 0 Å². The largest absolute Gasteiger partial charge is 0.384 e. The van der Waals surface area contributed by atoms with Gasteiger partial charge in [-0.3, -0.25) is 4.79 Å². The molecule has 1 unspecified atom stereocenters. The molecule has 1 rings (SSSR count). The predicted molar refractivity (Wildman–Crippen MR) is 78.1 cm³/mol. The van der Waals surface area contributed by atoms with Crippen molar-refractivity contribution >= 4 is 11.7 Å². The molecule has 1 atom stereocenters. The zero-order valence-electron chi connectivity index (χ0n) is 12.2. The first-order chi connectivity index (χ1) is 8.92. The zero-order chi connectivity index (χ0) is 14.4. The van der Waals surface area contributed by atoms with Crippen LogP contribution in [0.4, 0.5) is 5.82 Å². The van der Waals surface area contributed by atoms with Gasteiger partial charge in [-0.25, -0.2) is 4.98 Å². The van der Waals surface area contributed by atoms with Gasteiger partial charge in [0.05, 0.1) is 0 Å². The lowest BCUT2D eigenvalue weighted by molar-refractivity contribution is 0.0936. The Labute approximate surface area is 115 Å². The van der Waals surface area contributed by atoms with Crippen molar-refractivity contribution in [3.8, 4) is 0 Å². The molecule has 0 fully saturated rings. The normalized spacial score (nSPS) is 12.5. The summed E-state index contributed by atoms with van der Waals surface area (Å²) < 4.78 is 0. The van der Waals surface area contributed by atoms with E-state index in [1.54, 1.807) is 12.1 Å². The number of nitrogens with zero attached hydrogens (tertiary/aromatic N) is 2. The van der Waals surface area contributed by atoms with Crippen molar-refractivity contribution in [3.05, 3.63) is 23.4 Å². The molecule has 1 amide bonds. The molecule has 0 aliphatic rings. The van der Waals surface area contributed by atoms with Gasteiger partial charge in [-0.15, -0.1) is 0 Å². The van der Waals surface area contributed by atoms with Crippen LogP contribution in [-0.4, -0.2) is 42.5 Å². The average molecular weight is 264 g/mol. The van der Waals surface area contributed by atoms with Crippen molar-refractivity contribution in [2.75, 3.05) is 26.4 Å². The number of hydrogen-bond donors (Lipinski definition) is 2. The number of rotatable bonds is 6. The monoisotopic (exact) mass is 264 g/mol. The SMILES string of the molecule is CCc1cc(C(=O)NC(C)CCN(C)C)cc(N)n1. The van der Waals surface area contributed by atoms with Gasteiger partial charge in [0.25, 0.3) is 5.91 Å². The molecule has 0 spiro atoms. The Hall–Kier alpha value is -1.62. The van der Waals surface area contributed by atoms with Crippen LogP contribution >= 0.6 is 0 Å². The second-order valence-corrected chi connectivity index (χ2v) is 5.09. The van der Waals surface area contributed by atoms with Gasteiger partial charge in [-0.05, 0) is 52.5 Å². The van der Waals surface area contributed by atoms with Crippen LogP contribution in [0.3, 0.4) is 0 Å². The number of pyridine rings is 1. The number of carbonyl (C=O) groups excluding carboxylic acids is 1. The molecule has 1 aromatic heterocycles. The smallest absolute Gasteiger partial charge is 0.251 e. The van der Waals surface area contributed by atoms with Crippen LogP contribution in [0, 0.1) is 0 Å². The third kappa shape index (κ3) is 5.26. The van der Waals surface area contributed by atoms with Crippen molar-refractivity contribution in [2.24, 2.45) is 0 Å². The van der Waals surface area contributed by atoms with E-state index in [9.17, 15) is 4.79 Å². The summed E-state index contributed by atoms with van der Waals surface area (Å²) >= 11 is 0. The Morgan fingerprint density at radius 2 is 2.16 bits per heavy atom. The Bertz CT molecular complexity index is 431. The molecule has 5 nitrogen and oxygen atoms in total. The highest BCUT2D eigenvalue weighted by atomic mass is 16.1. The fourth-order valence-electron chi connectivity index (χ4n) is 1.75. The third-order valence-corrected chi connectivity index (χ3v) is 2.91. The van der Waals surface area contributed by atoms with Crippen molar-refractivity contribution in [1.29, 1.82) is 0 Å².